The molecule has 0 unspecified atom stereocenters. The van der Waals surface area contributed by atoms with Gasteiger partial charge >= 0.3 is 4.87 Å². The number of benzene rings is 2. The average molecular weight is 254 g/mol. The summed E-state index contributed by atoms with van der Waals surface area (Å²) >= 11 is 0.942. The van der Waals surface area contributed by atoms with Crippen LogP contribution < -0.4 is 4.87 Å². The summed E-state index contributed by atoms with van der Waals surface area (Å²) in [4.78, 5) is 13.8. The monoisotopic (exact) mass is 254 g/mol. The Bertz CT molecular complexity index is 716. The standard InChI is InChI=1S/C14H10N2OS/c17-14-15-13(16-18-14)12-9-5-4-8-11(12)10-6-2-1-3-7-10/h1-9H,(H,15,16,17). The van der Waals surface area contributed by atoms with E-state index in [2.05, 4.69) is 9.36 Å². The van der Waals surface area contributed by atoms with E-state index in [1.165, 1.54) is 0 Å². The van der Waals surface area contributed by atoms with Gasteiger partial charge in [0, 0.05) is 17.1 Å². The first kappa shape index (κ1) is 10.9. The molecule has 3 nitrogen and oxygen atoms in total. The van der Waals surface area contributed by atoms with Gasteiger partial charge in [-0.1, -0.05) is 54.6 Å². The molecule has 1 N–H and O–H groups in total. The highest BCUT2D eigenvalue weighted by molar-refractivity contribution is 7.03. The van der Waals surface area contributed by atoms with E-state index in [1.807, 2.05) is 54.6 Å². The zero-order chi connectivity index (χ0) is 12.4. The number of aromatic amines is 1. The molecule has 0 spiro atoms. The minimum absolute atomic E-state index is 0.132. The molecule has 0 aliphatic carbocycles. The van der Waals surface area contributed by atoms with Gasteiger partial charge in [-0.15, -0.1) is 0 Å². The maximum atomic E-state index is 11.2. The van der Waals surface area contributed by atoms with Gasteiger partial charge in [-0.05, 0) is 11.1 Å². The van der Waals surface area contributed by atoms with Crippen molar-refractivity contribution in [3.8, 4) is 22.5 Å². The van der Waals surface area contributed by atoms with Crippen molar-refractivity contribution in [1.82, 2.24) is 9.36 Å². The third-order valence-electron chi connectivity index (χ3n) is 2.71. The smallest absolute Gasteiger partial charge is 0.296 e. The summed E-state index contributed by atoms with van der Waals surface area (Å²) < 4.78 is 4.15. The quantitative estimate of drug-likeness (QED) is 0.763. The zero-order valence-electron chi connectivity index (χ0n) is 9.46. The summed E-state index contributed by atoms with van der Waals surface area (Å²) in [7, 11) is 0. The van der Waals surface area contributed by atoms with Gasteiger partial charge in [-0.2, -0.15) is 4.37 Å². The van der Waals surface area contributed by atoms with E-state index < -0.39 is 0 Å². The molecule has 0 radical (unpaired) electrons. The van der Waals surface area contributed by atoms with Crippen molar-refractivity contribution in [2.24, 2.45) is 0 Å². The molecule has 2 aromatic carbocycles. The van der Waals surface area contributed by atoms with Gasteiger partial charge in [-0.3, -0.25) is 9.78 Å². The molecule has 18 heavy (non-hydrogen) atoms. The Hall–Kier alpha value is -2.20. The highest BCUT2D eigenvalue weighted by Crippen LogP contribution is 2.29. The molecule has 0 amide bonds. The number of hydrogen-bond donors (Lipinski definition) is 1. The van der Waals surface area contributed by atoms with Crippen LogP contribution in [-0.2, 0) is 0 Å². The fraction of sp³-hybridized carbons (Fsp3) is 0. The molecule has 0 atom stereocenters. The highest BCUT2D eigenvalue weighted by atomic mass is 32.1. The van der Waals surface area contributed by atoms with Crippen LogP contribution in [0.1, 0.15) is 0 Å². The summed E-state index contributed by atoms with van der Waals surface area (Å²) in [6, 6.07) is 18.0. The van der Waals surface area contributed by atoms with E-state index in [-0.39, 0.29) is 4.87 Å². The molecule has 1 aromatic heterocycles. The number of nitrogens with zero attached hydrogens (tertiary/aromatic N) is 1. The Morgan fingerprint density at radius 1 is 0.889 bits per heavy atom. The van der Waals surface area contributed by atoms with Crippen LogP contribution >= 0.6 is 11.5 Å². The van der Waals surface area contributed by atoms with Crippen LogP contribution in [0.5, 0.6) is 0 Å². The third kappa shape index (κ3) is 1.98. The van der Waals surface area contributed by atoms with Crippen molar-refractivity contribution in [3.63, 3.8) is 0 Å². The van der Waals surface area contributed by atoms with Crippen molar-refractivity contribution in [2.45, 2.75) is 0 Å². The van der Waals surface area contributed by atoms with Crippen LogP contribution in [0.25, 0.3) is 22.5 Å². The van der Waals surface area contributed by atoms with Gasteiger partial charge in [0.05, 0.1) is 0 Å². The Labute approximate surface area is 108 Å². The predicted molar refractivity (Wildman–Crippen MR) is 73.6 cm³/mol. The molecule has 0 aliphatic rings. The highest BCUT2D eigenvalue weighted by Gasteiger charge is 2.09. The molecule has 88 valence electrons. The summed E-state index contributed by atoms with van der Waals surface area (Å²) in [6.07, 6.45) is 0. The molecular formula is C14H10N2OS. The van der Waals surface area contributed by atoms with Crippen molar-refractivity contribution < 1.29 is 0 Å². The largest absolute Gasteiger partial charge is 0.323 e. The first-order valence-corrected chi connectivity index (χ1v) is 6.33. The van der Waals surface area contributed by atoms with E-state index >= 15 is 0 Å². The van der Waals surface area contributed by atoms with E-state index in [0.29, 0.717) is 5.82 Å². The maximum absolute atomic E-state index is 11.2. The normalized spacial score (nSPS) is 10.4. The molecule has 3 aromatic rings. The second-order valence-corrected chi connectivity index (χ2v) is 4.59. The average Bonchev–Trinajstić information content (AvgIpc) is 2.86. The van der Waals surface area contributed by atoms with Crippen molar-refractivity contribution in [3.05, 3.63) is 64.3 Å². The lowest BCUT2D eigenvalue weighted by molar-refractivity contribution is 1.28. The van der Waals surface area contributed by atoms with E-state index in [9.17, 15) is 4.79 Å². The van der Waals surface area contributed by atoms with E-state index in [1.54, 1.807) is 0 Å². The van der Waals surface area contributed by atoms with Crippen molar-refractivity contribution in [1.29, 1.82) is 0 Å². The SMILES string of the molecule is O=c1[nH]c(-c2ccccc2-c2ccccc2)ns1. The second kappa shape index (κ2) is 4.58. The topological polar surface area (TPSA) is 45.8 Å². The number of H-pyrrole nitrogens is 1. The van der Waals surface area contributed by atoms with Crippen LogP contribution in [0.3, 0.4) is 0 Å². The molecule has 1 heterocycles. The third-order valence-corrected chi connectivity index (χ3v) is 3.25. The lowest BCUT2D eigenvalue weighted by Crippen LogP contribution is -1.93. The summed E-state index contributed by atoms with van der Waals surface area (Å²) in [5, 5.41) is 0. The molecule has 0 bridgehead atoms. The molecule has 4 heteroatoms. The van der Waals surface area contributed by atoms with Gasteiger partial charge in [0.1, 0.15) is 0 Å². The Kier molecular flexibility index (Phi) is 2.78. The van der Waals surface area contributed by atoms with Gasteiger partial charge in [0.25, 0.3) is 0 Å². The van der Waals surface area contributed by atoms with Gasteiger partial charge < -0.3 is 0 Å². The summed E-state index contributed by atoms with van der Waals surface area (Å²) in [5.74, 6) is 0.629. The minimum atomic E-state index is -0.132. The van der Waals surface area contributed by atoms with Crippen LogP contribution in [-0.4, -0.2) is 9.36 Å². The van der Waals surface area contributed by atoms with Crippen LogP contribution in [0, 0.1) is 0 Å². The number of rotatable bonds is 2. The van der Waals surface area contributed by atoms with Crippen LogP contribution in [0.2, 0.25) is 0 Å². The fourth-order valence-electron chi connectivity index (χ4n) is 1.90. The lowest BCUT2D eigenvalue weighted by Gasteiger charge is -2.06. The van der Waals surface area contributed by atoms with Crippen molar-refractivity contribution in [2.75, 3.05) is 0 Å². The Morgan fingerprint density at radius 2 is 1.56 bits per heavy atom. The van der Waals surface area contributed by atoms with Crippen molar-refractivity contribution >= 4 is 11.5 Å². The van der Waals surface area contributed by atoms with Crippen LogP contribution in [0.15, 0.2) is 59.4 Å². The second-order valence-electron chi connectivity index (χ2n) is 3.86. The minimum Gasteiger partial charge on any atom is -0.296 e. The van der Waals surface area contributed by atoms with E-state index in [0.717, 1.165) is 28.2 Å². The zero-order valence-corrected chi connectivity index (χ0v) is 10.3. The first-order valence-electron chi connectivity index (χ1n) is 5.55. The predicted octanol–water partition coefficient (Wildman–Crippen LogP) is 3.17. The van der Waals surface area contributed by atoms with Gasteiger partial charge in [0.2, 0.25) is 0 Å². The maximum Gasteiger partial charge on any atom is 0.323 e. The first-order chi connectivity index (χ1) is 8.84. The number of nitrogens with one attached hydrogen (secondary N) is 1. The molecule has 0 fully saturated rings. The number of hydrogen-bond acceptors (Lipinski definition) is 3. The molecular weight excluding hydrogens is 244 g/mol. The number of aromatic nitrogens is 2. The molecule has 3 rings (SSSR count). The van der Waals surface area contributed by atoms with Gasteiger partial charge in [0.15, 0.2) is 5.82 Å². The van der Waals surface area contributed by atoms with Crippen LogP contribution in [0.4, 0.5) is 0 Å². The molecule has 0 saturated carbocycles. The van der Waals surface area contributed by atoms with E-state index in [4.69, 9.17) is 0 Å². The molecule has 0 saturated heterocycles. The lowest BCUT2D eigenvalue weighted by atomic mass is 9.99. The molecule has 0 aliphatic heterocycles. The van der Waals surface area contributed by atoms with Gasteiger partial charge in [-0.25, -0.2) is 0 Å². The summed E-state index contributed by atoms with van der Waals surface area (Å²) in [6.45, 7) is 0. The Balaban J connectivity index is 2.20. The Morgan fingerprint density at radius 3 is 2.22 bits per heavy atom. The summed E-state index contributed by atoms with van der Waals surface area (Å²) in [5.41, 5.74) is 3.13. The fourth-order valence-corrected chi connectivity index (χ4v) is 2.37.